The molecule has 0 spiro atoms. The molecule has 0 aliphatic carbocycles. The summed E-state index contributed by atoms with van der Waals surface area (Å²) in [5.41, 5.74) is 2.66. The van der Waals surface area contributed by atoms with E-state index in [2.05, 4.69) is 50.9 Å². The van der Waals surface area contributed by atoms with Crippen LogP contribution < -0.4 is 0 Å². The fourth-order valence-corrected chi connectivity index (χ4v) is 2.56. The van der Waals surface area contributed by atoms with Gasteiger partial charge in [0.2, 0.25) is 0 Å². The number of rotatable bonds is 1. The molecular formula is C9H10Br2O2. The predicted molar refractivity (Wildman–Crippen MR) is 60.2 cm³/mol. The Morgan fingerprint density at radius 3 is 2.38 bits per heavy atom. The van der Waals surface area contributed by atoms with Gasteiger partial charge < -0.3 is 5.11 Å². The highest BCUT2D eigenvalue weighted by Crippen LogP contribution is 2.21. The smallest absolute Gasteiger partial charge is 0.290 e. The van der Waals surface area contributed by atoms with Crippen molar-refractivity contribution >= 4 is 38.3 Å². The lowest BCUT2D eigenvalue weighted by atomic mass is 10.1. The Labute approximate surface area is 94.2 Å². The van der Waals surface area contributed by atoms with Gasteiger partial charge >= 0.3 is 0 Å². The lowest BCUT2D eigenvalue weighted by molar-refractivity contribution is -0.122. The van der Waals surface area contributed by atoms with E-state index in [0.29, 0.717) is 0 Å². The van der Waals surface area contributed by atoms with Crippen molar-refractivity contribution in [3.8, 4) is 0 Å². The molecule has 0 atom stereocenters. The number of alkyl halides is 1. The normalized spacial score (nSPS) is 8.54. The van der Waals surface area contributed by atoms with Crippen LogP contribution in [0.1, 0.15) is 11.1 Å². The minimum atomic E-state index is -0.250. The topological polar surface area (TPSA) is 37.3 Å². The SMILES string of the molecule is Cc1cccc(Br)c1CBr.O=CO. The van der Waals surface area contributed by atoms with Gasteiger partial charge in [-0.2, -0.15) is 0 Å². The largest absolute Gasteiger partial charge is 0.483 e. The molecule has 0 aliphatic rings. The second kappa shape index (κ2) is 7.09. The van der Waals surface area contributed by atoms with Crippen molar-refractivity contribution < 1.29 is 9.90 Å². The van der Waals surface area contributed by atoms with Crippen molar-refractivity contribution in [2.75, 3.05) is 0 Å². The molecule has 0 bridgehead atoms. The summed E-state index contributed by atoms with van der Waals surface area (Å²) < 4.78 is 1.18. The van der Waals surface area contributed by atoms with Crippen LogP contribution >= 0.6 is 31.9 Å². The molecule has 1 aromatic rings. The number of halogens is 2. The summed E-state index contributed by atoms with van der Waals surface area (Å²) in [5.74, 6) is 0. The van der Waals surface area contributed by atoms with Crippen LogP contribution in [0.3, 0.4) is 0 Å². The zero-order valence-corrected chi connectivity index (χ0v) is 10.3. The average molecular weight is 310 g/mol. The van der Waals surface area contributed by atoms with Gasteiger partial charge in [-0.1, -0.05) is 44.0 Å². The third-order valence-corrected chi connectivity index (χ3v) is 2.79. The third kappa shape index (κ3) is 4.43. The Morgan fingerprint density at radius 2 is 2.08 bits per heavy atom. The van der Waals surface area contributed by atoms with Crippen molar-refractivity contribution in [1.82, 2.24) is 0 Å². The zero-order chi connectivity index (χ0) is 10.3. The average Bonchev–Trinajstić information content (AvgIpc) is 2.06. The van der Waals surface area contributed by atoms with Crippen LogP contribution in [-0.2, 0) is 10.1 Å². The maximum atomic E-state index is 8.36. The maximum absolute atomic E-state index is 8.36. The summed E-state index contributed by atoms with van der Waals surface area (Å²) in [6, 6.07) is 6.22. The molecule has 0 amide bonds. The molecule has 0 unspecified atom stereocenters. The second-order valence-corrected chi connectivity index (χ2v) is 3.69. The van der Waals surface area contributed by atoms with Gasteiger partial charge in [-0.25, -0.2) is 0 Å². The number of carbonyl (C=O) groups is 1. The lowest BCUT2D eigenvalue weighted by Gasteiger charge is -2.02. The summed E-state index contributed by atoms with van der Waals surface area (Å²) in [5, 5.41) is 7.81. The fourth-order valence-electron chi connectivity index (χ4n) is 0.836. The highest BCUT2D eigenvalue weighted by atomic mass is 79.9. The minimum Gasteiger partial charge on any atom is -0.483 e. The first-order valence-electron chi connectivity index (χ1n) is 3.55. The number of hydrogen-bond donors (Lipinski definition) is 1. The molecular weight excluding hydrogens is 300 g/mol. The lowest BCUT2D eigenvalue weighted by Crippen LogP contribution is -1.84. The van der Waals surface area contributed by atoms with Gasteiger partial charge in [-0.05, 0) is 24.1 Å². The molecule has 0 saturated heterocycles. The van der Waals surface area contributed by atoms with Crippen LogP contribution in [0.5, 0.6) is 0 Å². The molecule has 72 valence electrons. The Bertz CT molecular complexity index is 254. The van der Waals surface area contributed by atoms with E-state index in [1.165, 1.54) is 15.6 Å². The number of hydrogen-bond acceptors (Lipinski definition) is 1. The van der Waals surface area contributed by atoms with Crippen LogP contribution in [0.4, 0.5) is 0 Å². The Hall–Kier alpha value is -0.350. The molecule has 0 heterocycles. The van der Waals surface area contributed by atoms with Crippen molar-refractivity contribution in [1.29, 1.82) is 0 Å². The van der Waals surface area contributed by atoms with E-state index in [1.54, 1.807) is 0 Å². The number of benzene rings is 1. The van der Waals surface area contributed by atoms with Crippen LogP contribution in [0, 0.1) is 6.92 Å². The first-order chi connectivity index (χ1) is 6.17. The van der Waals surface area contributed by atoms with Crippen LogP contribution in [0.2, 0.25) is 0 Å². The van der Waals surface area contributed by atoms with Crippen molar-refractivity contribution in [3.63, 3.8) is 0 Å². The van der Waals surface area contributed by atoms with E-state index in [1.807, 2.05) is 6.07 Å². The molecule has 0 aliphatic heterocycles. The Kier molecular flexibility index (Phi) is 6.90. The predicted octanol–water partition coefficient (Wildman–Crippen LogP) is 3.35. The summed E-state index contributed by atoms with van der Waals surface area (Å²) in [7, 11) is 0. The molecule has 0 fully saturated rings. The summed E-state index contributed by atoms with van der Waals surface area (Å²) in [6.45, 7) is 1.86. The highest BCUT2D eigenvalue weighted by molar-refractivity contribution is 9.10. The van der Waals surface area contributed by atoms with Crippen molar-refractivity contribution in [2.24, 2.45) is 0 Å². The highest BCUT2D eigenvalue weighted by Gasteiger charge is 1.98. The van der Waals surface area contributed by atoms with Gasteiger partial charge in [0.1, 0.15) is 0 Å². The van der Waals surface area contributed by atoms with Gasteiger partial charge in [-0.3, -0.25) is 4.79 Å². The molecule has 2 nitrogen and oxygen atoms in total. The first-order valence-corrected chi connectivity index (χ1v) is 5.46. The molecule has 0 aromatic heterocycles. The van der Waals surface area contributed by atoms with Gasteiger partial charge in [0.05, 0.1) is 0 Å². The summed E-state index contributed by atoms with van der Waals surface area (Å²) >= 11 is 6.91. The van der Waals surface area contributed by atoms with E-state index in [4.69, 9.17) is 9.90 Å². The van der Waals surface area contributed by atoms with Crippen LogP contribution in [0.25, 0.3) is 0 Å². The summed E-state index contributed by atoms with van der Waals surface area (Å²) in [6.07, 6.45) is 0. The van der Waals surface area contributed by atoms with Gasteiger partial charge in [0.25, 0.3) is 6.47 Å². The van der Waals surface area contributed by atoms with Gasteiger partial charge in [0, 0.05) is 9.80 Å². The van der Waals surface area contributed by atoms with Gasteiger partial charge in [0.15, 0.2) is 0 Å². The second-order valence-electron chi connectivity index (χ2n) is 2.27. The number of aryl methyl sites for hydroxylation is 1. The van der Waals surface area contributed by atoms with Crippen LogP contribution in [0.15, 0.2) is 22.7 Å². The Morgan fingerprint density at radius 1 is 1.54 bits per heavy atom. The standard InChI is InChI=1S/C8H8Br2.CH2O2/c1-6-3-2-4-8(10)7(6)5-9;2-1-3/h2-4H,5H2,1H3;1H,(H,2,3). The van der Waals surface area contributed by atoms with E-state index in [-0.39, 0.29) is 6.47 Å². The van der Waals surface area contributed by atoms with E-state index >= 15 is 0 Å². The minimum absolute atomic E-state index is 0.250. The summed E-state index contributed by atoms with van der Waals surface area (Å²) in [4.78, 5) is 8.36. The van der Waals surface area contributed by atoms with Crippen LogP contribution in [-0.4, -0.2) is 11.6 Å². The quantitative estimate of drug-likeness (QED) is 0.638. The Balaban J connectivity index is 0.000000424. The van der Waals surface area contributed by atoms with Crippen molar-refractivity contribution in [3.05, 3.63) is 33.8 Å². The number of carboxylic acid groups (broad SMARTS) is 1. The molecule has 4 heteroatoms. The fraction of sp³-hybridized carbons (Fsp3) is 0.222. The maximum Gasteiger partial charge on any atom is 0.290 e. The molecule has 1 rings (SSSR count). The van der Waals surface area contributed by atoms with E-state index < -0.39 is 0 Å². The first kappa shape index (κ1) is 12.7. The molecule has 1 N–H and O–H groups in total. The molecule has 0 saturated carbocycles. The van der Waals surface area contributed by atoms with E-state index in [0.717, 1.165) is 5.33 Å². The van der Waals surface area contributed by atoms with Gasteiger partial charge in [-0.15, -0.1) is 0 Å². The van der Waals surface area contributed by atoms with E-state index in [9.17, 15) is 0 Å². The monoisotopic (exact) mass is 308 g/mol. The molecule has 0 radical (unpaired) electrons. The zero-order valence-electron chi connectivity index (χ0n) is 7.13. The van der Waals surface area contributed by atoms with Crippen molar-refractivity contribution in [2.45, 2.75) is 12.3 Å². The third-order valence-electron chi connectivity index (χ3n) is 1.49. The molecule has 1 aromatic carbocycles. The molecule has 13 heavy (non-hydrogen) atoms.